The number of ether oxygens (including phenoxy) is 1. The van der Waals surface area contributed by atoms with Crippen molar-refractivity contribution in [2.45, 2.75) is 13.0 Å². The van der Waals surface area contributed by atoms with E-state index >= 15 is 0 Å². The van der Waals surface area contributed by atoms with Gasteiger partial charge in [0.2, 0.25) is 0 Å². The zero-order valence-corrected chi connectivity index (χ0v) is 11.4. The van der Waals surface area contributed by atoms with Gasteiger partial charge in [0.15, 0.2) is 0 Å². The molecule has 0 radical (unpaired) electrons. The molecule has 0 bridgehead atoms. The minimum absolute atomic E-state index is 0.0965. The van der Waals surface area contributed by atoms with Crippen LogP contribution in [0.25, 0.3) is 0 Å². The monoisotopic (exact) mass is 291 g/mol. The molecule has 0 amide bonds. The first-order chi connectivity index (χ1) is 9.52. The van der Waals surface area contributed by atoms with Crippen LogP contribution >= 0.6 is 11.6 Å². The maximum atomic E-state index is 13.5. The molecule has 0 saturated carbocycles. The van der Waals surface area contributed by atoms with Crippen LogP contribution in [0.4, 0.5) is 4.39 Å². The van der Waals surface area contributed by atoms with Gasteiger partial charge in [-0.05, 0) is 36.8 Å². The number of hydrogen-bond acceptors (Lipinski definition) is 3. The molecule has 20 heavy (non-hydrogen) atoms. The van der Waals surface area contributed by atoms with E-state index in [2.05, 4.69) is 0 Å². The molecule has 0 aliphatic heterocycles. The van der Waals surface area contributed by atoms with Gasteiger partial charge in [0, 0.05) is 0 Å². The molecule has 2 aromatic carbocycles. The van der Waals surface area contributed by atoms with Gasteiger partial charge >= 0.3 is 0 Å². The van der Waals surface area contributed by atoms with Crippen LogP contribution < -0.4 is 4.74 Å². The molecule has 102 valence electrons. The van der Waals surface area contributed by atoms with Crippen LogP contribution in [0.2, 0.25) is 5.02 Å². The summed E-state index contributed by atoms with van der Waals surface area (Å²) in [6.07, 6.45) is -0.648. The third-order valence-corrected chi connectivity index (χ3v) is 3.04. The normalized spacial score (nSPS) is 11.8. The summed E-state index contributed by atoms with van der Waals surface area (Å²) in [5, 5.41) is 18.7. The lowest BCUT2D eigenvalue weighted by molar-refractivity contribution is 0.199. The van der Waals surface area contributed by atoms with Crippen molar-refractivity contribution < 1.29 is 14.2 Å². The van der Waals surface area contributed by atoms with Crippen molar-refractivity contribution in [1.29, 1.82) is 5.26 Å². The lowest BCUT2D eigenvalue weighted by Gasteiger charge is -2.11. The van der Waals surface area contributed by atoms with Gasteiger partial charge in [0.25, 0.3) is 0 Å². The molecule has 1 N–H and O–H groups in total. The van der Waals surface area contributed by atoms with Gasteiger partial charge in [-0.25, -0.2) is 4.39 Å². The number of nitriles is 1. The summed E-state index contributed by atoms with van der Waals surface area (Å²) in [7, 11) is 0. The number of halogens is 2. The predicted octanol–water partition coefficient (Wildman–Crippen LogP) is 4.20. The number of benzene rings is 2. The third-order valence-electron chi connectivity index (χ3n) is 2.75. The summed E-state index contributed by atoms with van der Waals surface area (Å²) in [5.41, 5.74) is 0.463. The Morgan fingerprint density at radius 1 is 1.30 bits per heavy atom. The average molecular weight is 292 g/mol. The van der Waals surface area contributed by atoms with Gasteiger partial charge in [-0.1, -0.05) is 23.7 Å². The highest BCUT2D eigenvalue weighted by Gasteiger charge is 2.12. The van der Waals surface area contributed by atoms with Crippen LogP contribution in [0.15, 0.2) is 36.4 Å². The molecule has 0 unspecified atom stereocenters. The van der Waals surface area contributed by atoms with E-state index in [4.69, 9.17) is 21.6 Å². The fourth-order valence-electron chi connectivity index (χ4n) is 1.68. The van der Waals surface area contributed by atoms with E-state index in [1.54, 1.807) is 31.2 Å². The number of rotatable bonds is 3. The summed E-state index contributed by atoms with van der Waals surface area (Å²) in [4.78, 5) is 0. The summed E-state index contributed by atoms with van der Waals surface area (Å²) in [6, 6.07) is 10.6. The van der Waals surface area contributed by atoms with Gasteiger partial charge in [-0.3, -0.25) is 0 Å². The van der Waals surface area contributed by atoms with Crippen LogP contribution in [0.3, 0.4) is 0 Å². The topological polar surface area (TPSA) is 53.2 Å². The molecule has 1 atom stereocenters. The van der Waals surface area contributed by atoms with Crippen molar-refractivity contribution in [2.24, 2.45) is 0 Å². The SMILES string of the molecule is C[C@H](O)c1ccc(Oc2cccc(F)c2C#N)c(Cl)c1. The summed E-state index contributed by atoms with van der Waals surface area (Å²) >= 11 is 6.05. The summed E-state index contributed by atoms with van der Waals surface area (Å²) in [5.74, 6) is -0.265. The second-order valence-electron chi connectivity index (χ2n) is 4.19. The standard InChI is InChI=1S/C15H11ClFNO2/c1-9(19)10-5-6-15(12(16)7-10)20-14-4-2-3-13(17)11(14)8-18/h2-7,9,19H,1H3/t9-/m0/s1. The van der Waals surface area contributed by atoms with Crippen LogP contribution in [0, 0.1) is 17.1 Å². The molecule has 0 saturated heterocycles. The Labute approximate surface area is 120 Å². The van der Waals surface area contributed by atoms with E-state index in [-0.39, 0.29) is 22.1 Å². The second kappa shape index (κ2) is 5.91. The largest absolute Gasteiger partial charge is 0.454 e. The highest BCUT2D eigenvalue weighted by atomic mass is 35.5. The predicted molar refractivity (Wildman–Crippen MR) is 73.3 cm³/mol. The molecule has 0 heterocycles. The minimum atomic E-state index is -0.651. The highest BCUT2D eigenvalue weighted by molar-refractivity contribution is 6.32. The van der Waals surface area contributed by atoms with Crippen LogP contribution in [-0.4, -0.2) is 5.11 Å². The van der Waals surface area contributed by atoms with Gasteiger partial charge < -0.3 is 9.84 Å². The minimum Gasteiger partial charge on any atom is -0.454 e. The Bertz CT molecular complexity index is 680. The quantitative estimate of drug-likeness (QED) is 0.922. The Balaban J connectivity index is 2.36. The maximum Gasteiger partial charge on any atom is 0.148 e. The van der Waals surface area contributed by atoms with Crippen molar-refractivity contribution >= 4 is 11.6 Å². The Kier molecular flexibility index (Phi) is 4.23. The smallest absolute Gasteiger partial charge is 0.148 e. The lowest BCUT2D eigenvalue weighted by Crippen LogP contribution is -1.94. The van der Waals surface area contributed by atoms with Crippen LogP contribution in [0.1, 0.15) is 24.2 Å². The average Bonchev–Trinajstić information content (AvgIpc) is 2.41. The second-order valence-corrected chi connectivity index (χ2v) is 4.60. The molecule has 2 aromatic rings. The lowest BCUT2D eigenvalue weighted by atomic mass is 10.1. The molecule has 0 fully saturated rings. The van der Waals surface area contributed by atoms with E-state index in [9.17, 15) is 9.50 Å². The van der Waals surface area contributed by atoms with Gasteiger partial charge in [-0.15, -0.1) is 0 Å². The highest BCUT2D eigenvalue weighted by Crippen LogP contribution is 2.33. The Morgan fingerprint density at radius 2 is 2.05 bits per heavy atom. The zero-order chi connectivity index (χ0) is 14.7. The van der Waals surface area contributed by atoms with E-state index in [0.29, 0.717) is 5.56 Å². The first-order valence-corrected chi connectivity index (χ1v) is 6.24. The molecule has 0 aliphatic carbocycles. The van der Waals surface area contributed by atoms with E-state index < -0.39 is 11.9 Å². The maximum absolute atomic E-state index is 13.5. The molecule has 0 aromatic heterocycles. The van der Waals surface area contributed by atoms with Crippen LogP contribution in [-0.2, 0) is 0 Å². The number of nitrogens with zero attached hydrogens (tertiary/aromatic N) is 1. The number of aliphatic hydroxyl groups excluding tert-OH is 1. The van der Waals surface area contributed by atoms with Gasteiger partial charge in [0.1, 0.15) is 28.9 Å². The number of aliphatic hydroxyl groups is 1. The zero-order valence-electron chi connectivity index (χ0n) is 10.6. The summed E-state index contributed by atoms with van der Waals surface area (Å²) < 4.78 is 18.9. The Morgan fingerprint density at radius 3 is 2.65 bits per heavy atom. The number of hydrogen-bond donors (Lipinski definition) is 1. The molecular formula is C15H11ClFNO2. The van der Waals surface area contributed by atoms with Crippen LogP contribution in [0.5, 0.6) is 11.5 Å². The van der Waals surface area contributed by atoms with Crippen molar-refractivity contribution in [3.05, 3.63) is 58.4 Å². The van der Waals surface area contributed by atoms with E-state index in [1.807, 2.05) is 0 Å². The fourth-order valence-corrected chi connectivity index (χ4v) is 1.90. The van der Waals surface area contributed by atoms with Crippen molar-refractivity contribution in [2.75, 3.05) is 0 Å². The first kappa shape index (κ1) is 14.3. The molecule has 5 heteroatoms. The third kappa shape index (κ3) is 2.90. The molecule has 3 nitrogen and oxygen atoms in total. The summed E-state index contributed by atoms with van der Waals surface area (Å²) in [6.45, 7) is 1.62. The molecule has 0 aliphatic rings. The molecule has 2 rings (SSSR count). The van der Waals surface area contributed by atoms with E-state index in [0.717, 1.165) is 0 Å². The molecular weight excluding hydrogens is 281 g/mol. The van der Waals surface area contributed by atoms with Crippen molar-refractivity contribution in [3.63, 3.8) is 0 Å². The molecule has 0 spiro atoms. The fraction of sp³-hybridized carbons (Fsp3) is 0.133. The Hall–Kier alpha value is -2.09. The van der Waals surface area contributed by atoms with Gasteiger partial charge in [0.05, 0.1) is 11.1 Å². The van der Waals surface area contributed by atoms with Gasteiger partial charge in [-0.2, -0.15) is 5.26 Å². The van der Waals surface area contributed by atoms with Crippen molar-refractivity contribution in [3.8, 4) is 17.6 Å². The van der Waals surface area contributed by atoms with Crippen molar-refractivity contribution in [1.82, 2.24) is 0 Å². The first-order valence-electron chi connectivity index (χ1n) is 5.87. The van der Waals surface area contributed by atoms with E-state index in [1.165, 1.54) is 18.2 Å².